The van der Waals surface area contributed by atoms with Gasteiger partial charge in [-0.3, -0.25) is 19.6 Å². The largest absolute Gasteiger partial charge is 0.346 e. The normalized spacial score (nSPS) is 24.8. The van der Waals surface area contributed by atoms with E-state index < -0.39 is 0 Å². The Bertz CT molecular complexity index is 857. The molecular formula is C21H27N5O2. The van der Waals surface area contributed by atoms with Gasteiger partial charge in [-0.2, -0.15) is 0 Å². The van der Waals surface area contributed by atoms with Crippen LogP contribution in [-0.2, 0) is 0 Å². The van der Waals surface area contributed by atoms with E-state index in [1.54, 1.807) is 30.6 Å². The van der Waals surface area contributed by atoms with Crippen molar-refractivity contribution in [2.75, 3.05) is 0 Å². The lowest BCUT2D eigenvalue weighted by Gasteiger charge is -2.32. The fourth-order valence-corrected chi connectivity index (χ4v) is 3.67. The highest BCUT2D eigenvalue weighted by Gasteiger charge is 2.36. The molecule has 2 atom stereocenters. The Labute approximate surface area is 165 Å². The van der Waals surface area contributed by atoms with Crippen molar-refractivity contribution in [2.45, 2.75) is 64.0 Å². The molecule has 2 heterocycles. The van der Waals surface area contributed by atoms with Crippen LogP contribution < -0.4 is 10.6 Å². The highest BCUT2D eigenvalue weighted by molar-refractivity contribution is 5.93. The first-order valence-electron chi connectivity index (χ1n) is 9.63. The van der Waals surface area contributed by atoms with E-state index >= 15 is 0 Å². The van der Waals surface area contributed by atoms with Gasteiger partial charge in [-0.25, -0.2) is 4.98 Å². The van der Waals surface area contributed by atoms with E-state index in [2.05, 4.69) is 39.4 Å². The second-order valence-corrected chi connectivity index (χ2v) is 8.14. The van der Waals surface area contributed by atoms with Crippen molar-refractivity contribution in [3.05, 3.63) is 53.9 Å². The third-order valence-electron chi connectivity index (χ3n) is 5.40. The zero-order valence-electron chi connectivity index (χ0n) is 16.7. The highest BCUT2D eigenvalue weighted by Crippen LogP contribution is 2.33. The van der Waals surface area contributed by atoms with Gasteiger partial charge in [0, 0.05) is 23.5 Å². The summed E-state index contributed by atoms with van der Waals surface area (Å²) >= 11 is 0. The van der Waals surface area contributed by atoms with Crippen LogP contribution in [0.15, 0.2) is 36.8 Å². The minimum Gasteiger partial charge on any atom is -0.346 e. The van der Waals surface area contributed by atoms with Gasteiger partial charge >= 0.3 is 0 Å². The van der Waals surface area contributed by atoms with Crippen molar-refractivity contribution in [3.63, 3.8) is 0 Å². The standard InChI is InChI=1S/C21H27N5O2/c1-15-13-22-14-17(24-15)19(28)26-21(3)9-6-8-20(2,10-11-21)25-18(27)16-7-4-5-12-23-16/h4-5,7,12-14H,6,8-11H2,1-3H3,(H,25,27)(H,26,28). The zero-order chi connectivity index (χ0) is 20.2. The minimum atomic E-state index is -0.351. The van der Waals surface area contributed by atoms with Gasteiger partial charge in [0.2, 0.25) is 0 Å². The number of hydrogen-bond acceptors (Lipinski definition) is 5. The van der Waals surface area contributed by atoms with Gasteiger partial charge in [0.05, 0.1) is 11.9 Å². The van der Waals surface area contributed by atoms with Crippen molar-refractivity contribution < 1.29 is 9.59 Å². The molecule has 2 aromatic heterocycles. The van der Waals surface area contributed by atoms with E-state index in [-0.39, 0.29) is 22.9 Å². The average molecular weight is 381 g/mol. The van der Waals surface area contributed by atoms with Crippen molar-refractivity contribution in [2.24, 2.45) is 0 Å². The van der Waals surface area contributed by atoms with Gasteiger partial charge in [-0.1, -0.05) is 6.07 Å². The van der Waals surface area contributed by atoms with Crippen LogP contribution in [0.3, 0.4) is 0 Å². The Hall–Kier alpha value is -2.83. The predicted octanol–water partition coefficient (Wildman–Crippen LogP) is 2.82. The van der Waals surface area contributed by atoms with Crippen LogP contribution in [0.1, 0.15) is 72.6 Å². The number of nitrogens with zero attached hydrogens (tertiary/aromatic N) is 3. The van der Waals surface area contributed by atoms with Gasteiger partial charge < -0.3 is 10.6 Å². The molecule has 0 saturated heterocycles. The second kappa shape index (κ2) is 8.04. The van der Waals surface area contributed by atoms with Crippen molar-refractivity contribution in [3.8, 4) is 0 Å². The molecule has 2 aromatic rings. The molecule has 7 nitrogen and oxygen atoms in total. The molecular weight excluding hydrogens is 354 g/mol. The molecule has 28 heavy (non-hydrogen) atoms. The second-order valence-electron chi connectivity index (χ2n) is 8.14. The van der Waals surface area contributed by atoms with E-state index in [1.165, 1.54) is 6.20 Å². The first-order valence-corrected chi connectivity index (χ1v) is 9.63. The molecule has 1 saturated carbocycles. The molecule has 1 aliphatic rings. The molecule has 0 aromatic carbocycles. The maximum Gasteiger partial charge on any atom is 0.271 e. The Morgan fingerprint density at radius 2 is 1.57 bits per heavy atom. The molecule has 3 rings (SSSR count). The fraction of sp³-hybridized carbons (Fsp3) is 0.476. The van der Waals surface area contributed by atoms with Gasteiger partial charge in [-0.15, -0.1) is 0 Å². The molecule has 148 valence electrons. The molecule has 1 fully saturated rings. The lowest BCUT2D eigenvalue weighted by Crippen LogP contribution is -2.48. The number of nitrogens with one attached hydrogen (secondary N) is 2. The molecule has 1 aliphatic carbocycles. The summed E-state index contributed by atoms with van der Waals surface area (Å²) in [7, 11) is 0. The lowest BCUT2D eigenvalue weighted by molar-refractivity contribution is 0.0867. The summed E-state index contributed by atoms with van der Waals surface area (Å²) in [4.78, 5) is 37.6. The molecule has 0 bridgehead atoms. The van der Waals surface area contributed by atoms with Crippen LogP contribution >= 0.6 is 0 Å². The number of carbonyl (C=O) groups is 2. The van der Waals surface area contributed by atoms with Crippen LogP contribution in [0.25, 0.3) is 0 Å². The maximum absolute atomic E-state index is 12.6. The molecule has 0 spiro atoms. The quantitative estimate of drug-likeness (QED) is 0.794. The first kappa shape index (κ1) is 19.9. The van der Waals surface area contributed by atoms with Crippen LogP contribution in [0.5, 0.6) is 0 Å². The topological polar surface area (TPSA) is 96.9 Å². The summed E-state index contributed by atoms with van der Waals surface area (Å²) in [5, 5.41) is 6.28. The Morgan fingerprint density at radius 1 is 0.929 bits per heavy atom. The first-order chi connectivity index (χ1) is 13.3. The maximum atomic E-state index is 12.6. The van der Waals surface area contributed by atoms with Crippen LogP contribution in [-0.4, -0.2) is 37.8 Å². The van der Waals surface area contributed by atoms with Gasteiger partial charge in [0.15, 0.2) is 0 Å². The van der Waals surface area contributed by atoms with E-state index in [4.69, 9.17) is 0 Å². The summed E-state index contributed by atoms with van der Waals surface area (Å²) in [6.45, 7) is 5.93. The highest BCUT2D eigenvalue weighted by atomic mass is 16.2. The van der Waals surface area contributed by atoms with Crippen molar-refractivity contribution in [1.82, 2.24) is 25.6 Å². The number of aryl methyl sites for hydroxylation is 1. The molecule has 2 unspecified atom stereocenters. The van der Waals surface area contributed by atoms with Crippen molar-refractivity contribution >= 4 is 11.8 Å². The number of amides is 2. The third-order valence-corrected chi connectivity index (χ3v) is 5.40. The molecule has 2 N–H and O–H groups in total. The summed E-state index contributed by atoms with van der Waals surface area (Å²) in [5.41, 5.74) is 0.776. The number of aromatic nitrogens is 3. The van der Waals surface area contributed by atoms with Gasteiger partial charge in [0.25, 0.3) is 11.8 Å². The van der Waals surface area contributed by atoms with Gasteiger partial charge in [-0.05, 0) is 65.0 Å². The molecule has 7 heteroatoms. The smallest absolute Gasteiger partial charge is 0.271 e. The van der Waals surface area contributed by atoms with E-state index in [9.17, 15) is 9.59 Å². The molecule has 2 amide bonds. The fourth-order valence-electron chi connectivity index (χ4n) is 3.67. The lowest BCUT2D eigenvalue weighted by atomic mass is 9.89. The summed E-state index contributed by atoms with van der Waals surface area (Å²) < 4.78 is 0. The van der Waals surface area contributed by atoms with Crippen LogP contribution in [0.2, 0.25) is 0 Å². The van der Waals surface area contributed by atoms with Crippen molar-refractivity contribution in [1.29, 1.82) is 0 Å². The SMILES string of the molecule is Cc1cncc(C(=O)NC2(C)CCCC(C)(NC(=O)c3ccccn3)CC2)n1. The van der Waals surface area contributed by atoms with Crippen LogP contribution in [0, 0.1) is 6.92 Å². The van der Waals surface area contributed by atoms with Gasteiger partial charge in [0.1, 0.15) is 11.4 Å². The number of pyridine rings is 1. The summed E-state index contributed by atoms with van der Waals surface area (Å²) in [5.74, 6) is -0.370. The minimum absolute atomic E-state index is 0.161. The monoisotopic (exact) mass is 381 g/mol. The predicted molar refractivity (Wildman–Crippen MR) is 106 cm³/mol. The summed E-state index contributed by atoms with van der Waals surface area (Å²) in [6.07, 6.45) is 8.84. The molecule has 0 aliphatic heterocycles. The average Bonchev–Trinajstić information content (AvgIpc) is 2.81. The number of hydrogen-bond donors (Lipinski definition) is 2. The Kier molecular flexibility index (Phi) is 5.72. The van der Waals surface area contributed by atoms with E-state index in [0.29, 0.717) is 17.1 Å². The third kappa shape index (κ3) is 4.91. The summed E-state index contributed by atoms with van der Waals surface area (Å²) in [6, 6.07) is 5.30. The molecule has 0 radical (unpaired) electrons. The Balaban J connectivity index is 1.64. The van der Waals surface area contributed by atoms with Crippen LogP contribution in [0.4, 0.5) is 0 Å². The Morgan fingerprint density at radius 3 is 2.14 bits per heavy atom. The van der Waals surface area contributed by atoms with E-state index in [0.717, 1.165) is 32.1 Å². The zero-order valence-corrected chi connectivity index (χ0v) is 16.7. The number of carbonyl (C=O) groups excluding carboxylic acids is 2. The van der Waals surface area contributed by atoms with E-state index in [1.807, 2.05) is 6.92 Å². The number of rotatable bonds is 4.